The molecule has 3 saturated heterocycles. The molecule has 1 spiro atoms. The first kappa shape index (κ1) is 22.0. The van der Waals surface area contributed by atoms with Crippen LogP contribution in [0.15, 0.2) is 4.99 Å². The minimum atomic E-state index is 0. The van der Waals surface area contributed by atoms with Gasteiger partial charge in [0.05, 0.1) is 25.3 Å². The Balaban J connectivity index is 0.00000210. The first-order valence-electron chi connectivity index (χ1n) is 10.7. The van der Waals surface area contributed by atoms with Gasteiger partial charge in [-0.15, -0.1) is 24.0 Å². The second kappa shape index (κ2) is 9.85. The van der Waals surface area contributed by atoms with E-state index in [0.717, 1.165) is 39.4 Å². The second-order valence-corrected chi connectivity index (χ2v) is 9.78. The highest BCUT2D eigenvalue weighted by Crippen LogP contribution is 2.45. The SMILES string of the molecule is CCNC(=NCC1(N2CCOCC2)CCSC1)N1CCC2(CCCC2)C1.I. The van der Waals surface area contributed by atoms with Crippen LogP contribution in [-0.2, 0) is 4.74 Å². The Hall–Kier alpha value is 0.270. The van der Waals surface area contributed by atoms with Crippen molar-refractivity contribution < 1.29 is 4.74 Å². The van der Waals surface area contributed by atoms with Gasteiger partial charge in [0.2, 0.25) is 0 Å². The van der Waals surface area contributed by atoms with E-state index in [0.29, 0.717) is 5.41 Å². The summed E-state index contributed by atoms with van der Waals surface area (Å²) in [5.74, 6) is 3.66. The number of morpholine rings is 1. The number of nitrogens with one attached hydrogen (secondary N) is 1. The maximum Gasteiger partial charge on any atom is 0.193 e. The molecule has 1 atom stereocenters. The molecule has 0 aromatic rings. The van der Waals surface area contributed by atoms with Crippen LogP contribution in [0.4, 0.5) is 0 Å². The summed E-state index contributed by atoms with van der Waals surface area (Å²) in [6.07, 6.45) is 8.35. The zero-order chi connectivity index (χ0) is 17.9. The molecule has 0 bridgehead atoms. The number of hydrogen-bond acceptors (Lipinski definition) is 4. The number of rotatable bonds is 4. The number of ether oxygens (including phenoxy) is 1. The summed E-state index contributed by atoms with van der Waals surface area (Å²) in [4.78, 5) is 10.4. The van der Waals surface area contributed by atoms with Crippen LogP contribution in [0.3, 0.4) is 0 Å². The molecule has 0 amide bonds. The molecule has 4 rings (SSSR count). The van der Waals surface area contributed by atoms with Gasteiger partial charge in [0, 0.05) is 38.5 Å². The average Bonchev–Trinajstić information content (AvgIpc) is 3.43. The molecule has 1 aliphatic carbocycles. The quantitative estimate of drug-likeness (QED) is 0.359. The molecule has 156 valence electrons. The fourth-order valence-corrected chi connectivity index (χ4v) is 6.87. The normalized spacial score (nSPS) is 31.4. The van der Waals surface area contributed by atoms with Crippen LogP contribution in [0.1, 0.15) is 45.4 Å². The summed E-state index contributed by atoms with van der Waals surface area (Å²) in [5, 5.41) is 3.60. The van der Waals surface area contributed by atoms with Gasteiger partial charge in [0.25, 0.3) is 0 Å². The molecular formula is C20H37IN4OS. The van der Waals surface area contributed by atoms with E-state index < -0.39 is 0 Å². The van der Waals surface area contributed by atoms with Crippen LogP contribution in [0, 0.1) is 5.41 Å². The number of aliphatic imine (C=N–C) groups is 1. The lowest BCUT2D eigenvalue weighted by Crippen LogP contribution is -2.56. The second-order valence-electron chi connectivity index (χ2n) is 8.68. The third-order valence-electron chi connectivity index (χ3n) is 7.02. The van der Waals surface area contributed by atoms with Gasteiger partial charge in [0.1, 0.15) is 0 Å². The zero-order valence-electron chi connectivity index (χ0n) is 16.9. The van der Waals surface area contributed by atoms with E-state index in [1.807, 2.05) is 0 Å². The molecule has 1 unspecified atom stereocenters. The van der Waals surface area contributed by atoms with Crippen molar-refractivity contribution in [2.45, 2.75) is 51.0 Å². The third-order valence-corrected chi connectivity index (χ3v) is 8.26. The van der Waals surface area contributed by atoms with Crippen molar-refractivity contribution >= 4 is 41.7 Å². The lowest BCUT2D eigenvalue weighted by molar-refractivity contribution is -0.0105. The van der Waals surface area contributed by atoms with Gasteiger partial charge in [-0.05, 0) is 43.8 Å². The Morgan fingerprint density at radius 3 is 2.56 bits per heavy atom. The lowest BCUT2D eigenvalue weighted by atomic mass is 9.86. The number of thioether (sulfide) groups is 1. The van der Waals surface area contributed by atoms with Crippen molar-refractivity contribution in [3.8, 4) is 0 Å². The molecule has 7 heteroatoms. The maximum absolute atomic E-state index is 5.60. The summed E-state index contributed by atoms with van der Waals surface area (Å²) in [7, 11) is 0. The number of guanidine groups is 1. The molecule has 0 radical (unpaired) electrons. The van der Waals surface area contributed by atoms with Crippen molar-refractivity contribution in [2.75, 3.05) is 64.0 Å². The number of nitrogens with zero attached hydrogens (tertiary/aromatic N) is 3. The van der Waals surface area contributed by atoms with E-state index in [-0.39, 0.29) is 29.5 Å². The first-order valence-corrected chi connectivity index (χ1v) is 11.8. The number of hydrogen-bond donors (Lipinski definition) is 1. The van der Waals surface area contributed by atoms with Crippen molar-refractivity contribution in [1.82, 2.24) is 15.1 Å². The van der Waals surface area contributed by atoms with Crippen LogP contribution in [0.5, 0.6) is 0 Å². The Kier molecular flexibility index (Phi) is 8.01. The first-order chi connectivity index (χ1) is 12.8. The summed E-state index contributed by atoms with van der Waals surface area (Å²) >= 11 is 2.10. The molecule has 4 aliphatic rings. The van der Waals surface area contributed by atoms with Gasteiger partial charge < -0.3 is 15.0 Å². The van der Waals surface area contributed by atoms with E-state index in [1.165, 1.54) is 69.1 Å². The third kappa shape index (κ3) is 4.89. The lowest BCUT2D eigenvalue weighted by Gasteiger charge is -2.42. The Morgan fingerprint density at radius 2 is 1.89 bits per heavy atom. The Bertz CT molecular complexity index is 500. The van der Waals surface area contributed by atoms with E-state index in [4.69, 9.17) is 9.73 Å². The Morgan fingerprint density at radius 1 is 1.11 bits per heavy atom. The smallest absolute Gasteiger partial charge is 0.193 e. The van der Waals surface area contributed by atoms with Gasteiger partial charge in [0.15, 0.2) is 5.96 Å². The predicted molar refractivity (Wildman–Crippen MR) is 126 cm³/mol. The van der Waals surface area contributed by atoms with Crippen molar-refractivity contribution in [1.29, 1.82) is 0 Å². The maximum atomic E-state index is 5.60. The number of halogens is 1. The van der Waals surface area contributed by atoms with E-state index in [1.54, 1.807) is 0 Å². The largest absolute Gasteiger partial charge is 0.379 e. The number of likely N-dealkylation sites (tertiary alicyclic amines) is 1. The molecule has 5 nitrogen and oxygen atoms in total. The monoisotopic (exact) mass is 508 g/mol. The molecule has 0 aromatic heterocycles. The fraction of sp³-hybridized carbons (Fsp3) is 0.950. The fourth-order valence-electron chi connectivity index (χ4n) is 5.41. The van der Waals surface area contributed by atoms with Gasteiger partial charge in [-0.1, -0.05) is 12.8 Å². The van der Waals surface area contributed by atoms with Crippen molar-refractivity contribution in [3.05, 3.63) is 0 Å². The Labute approximate surface area is 186 Å². The molecule has 4 fully saturated rings. The minimum Gasteiger partial charge on any atom is -0.379 e. The molecular weight excluding hydrogens is 471 g/mol. The van der Waals surface area contributed by atoms with Crippen LogP contribution < -0.4 is 5.32 Å². The molecule has 3 heterocycles. The molecule has 0 aromatic carbocycles. The molecule has 27 heavy (non-hydrogen) atoms. The molecule has 1 saturated carbocycles. The highest BCUT2D eigenvalue weighted by atomic mass is 127. The highest BCUT2D eigenvalue weighted by Gasteiger charge is 2.43. The van der Waals surface area contributed by atoms with Gasteiger partial charge in [-0.2, -0.15) is 11.8 Å². The summed E-state index contributed by atoms with van der Waals surface area (Å²) in [5.41, 5.74) is 0.848. The van der Waals surface area contributed by atoms with Crippen LogP contribution in [0.2, 0.25) is 0 Å². The summed E-state index contributed by atoms with van der Waals surface area (Å²) in [6.45, 7) is 10.4. The molecule has 1 N–H and O–H groups in total. The minimum absolute atomic E-state index is 0. The van der Waals surface area contributed by atoms with Crippen molar-refractivity contribution in [3.63, 3.8) is 0 Å². The van der Waals surface area contributed by atoms with E-state index in [2.05, 4.69) is 33.8 Å². The van der Waals surface area contributed by atoms with Crippen LogP contribution >= 0.6 is 35.7 Å². The van der Waals surface area contributed by atoms with E-state index in [9.17, 15) is 0 Å². The summed E-state index contributed by atoms with van der Waals surface area (Å²) < 4.78 is 5.60. The van der Waals surface area contributed by atoms with Crippen molar-refractivity contribution in [2.24, 2.45) is 10.4 Å². The van der Waals surface area contributed by atoms with Crippen LogP contribution in [-0.4, -0.2) is 85.3 Å². The zero-order valence-corrected chi connectivity index (χ0v) is 20.0. The topological polar surface area (TPSA) is 40.1 Å². The average molecular weight is 509 g/mol. The van der Waals surface area contributed by atoms with Gasteiger partial charge >= 0.3 is 0 Å². The van der Waals surface area contributed by atoms with Gasteiger partial charge in [-0.25, -0.2) is 0 Å². The molecule has 3 aliphatic heterocycles. The van der Waals surface area contributed by atoms with E-state index >= 15 is 0 Å². The van der Waals surface area contributed by atoms with Gasteiger partial charge in [-0.3, -0.25) is 9.89 Å². The summed E-state index contributed by atoms with van der Waals surface area (Å²) in [6, 6.07) is 0. The predicted octanol–water partition coefficient (Wildman–Crippen LogP) is 3.04. The van der Waals surface area contributed by atoms with Crippen LogP contribution in [0.25, 0.3) is 0 Å². The standard InChI is InChI=1S/C20H36N4OS.HI/c1-2-21-18(23-9-7-19(16-23)5-3-4-6-19)22-15-20(8-14-26-17-20)24-10-12-25-13-11-24;/h2-17H2,1H3,(H,21,22);1H. The highest BCUT2D eigenvalue weighted by molar-refractivity contribution is 14.0.